The van der Waals surface area contributed by atoms with Crippen LogP contribution in [0.5, 0.6) is 0 Å². The average Bonchev–Trinajstić information content (AvgIpc) is 2.74. The molecule has 5 atom stereocenters. The van der Waals surface area contributed by atoms with Crippen molar-refractivity contribution >= 4 is 55.9 Å². The molecule has 1 aromatic heterocycles. The summed E-state index contributed by atoms with van der Waals surface area (Å²) in [6.07, 6.45) is 2.24. The maximum absolute atomic E-state index is 12.9. The van der Waals surface area contributed by atoms with Crippen molar-refractivity contribution in [3.8, 4) is 0 Å². The molecule has 2 fully saturated rings. The molecule has 1 aromatic carbocycles. The second-order valence-electron chi connectivity index (χ2n) is 6.37. The van der Waals surface area contributed by atoms with Gasteiger partial charge in [0, 0.05) is 32.4 Å². The third kappa shape index (κ3) is 1.13. The van der Waals surface area contributed by atoms with Gasteiger partial charge in [0.15, 0.2) is 11.6 Å². The Labute approximate surface area is 133 Å². The first-order chi connectivity index (χ1) is 10.1. The zero-order chi connectivity index (χ0) is 14.0. The summed E-state index contributed by atoms with van der Waals surface area (Å²) in [6.45, 7) is 0. The zero-order valence-electron chi connectivity index (χ0n) is 10.7. The van der Waals surface area contributed by atoms with Crippen molar-refractivity contribution < 1.29 is 9.59 Å². The summed E-state index contributed by atoms with van der Waals surface area (Å²) >= 11 is 8.30. The number of carbonyl (C=O) groups is 2. The summed E-state index contributed by atoms with van der Waals surface area (Å²) in [6, 6.07) is 3.82. The maximum Gasteiger partial charge on any atom is 0.168 e. The van der Waals surface area contributed by atoms with Gasteiger partial charge in [0.05, 0.1) is 0 Å². The lowest BCUT2D eigenvalue weighted by atomic mass is 9.67. The lowest BCUT2D eigenvalue weighted by Gasteiger charge is -2.34. The highest BCUT2D eigenvalue weighted by atomic mass is 32.2. The summed E-state index contributed by atoms with van der Waals surface area (Å²) in [4.78, 5) is 25.8. The molecule has 0 N–H and O–H groups in total. The first-order valence-corrected chi connectivity index (χ1v) is 9.07. The van der Waals surface area contributed by atoms with Crippen LogP contribution in [0.15, 0.2) is 23.8 Å². The molecule has 4 aliphatic carbocycles. The molecule has 2 nitrogen and oxygen atoms in total. The highest BCUT2D eigenvalue weighted by molar-refractivity contribution is 7.77. The van der Waals surface area contributed by atoms with Gasteiger partial charge in [0.2, 0.25) is 0 Å². The summed E-state index contributed by atoms with van der Waals surface area (Å²) in [5.41, 5.74) is 2.73. The van der Waals surface area contributed by atoms with E-state index in [4.69, 9.17) is 12.2 Å². The normalized spacial score (nSPS) is 37.7. The van der Waals surface area contributed by atoms with Gasteiger partial charge in [-0.2, -0.15) is 0 Å². The minimum absolute atomic E-state index is 0.0657. The second-order valence-corrected chi connectivity index (χ2v) is 9.66. The van der Waals surface area contributed by atoms with Crippen molar-refractivity contribution in [2.75, 3.05) is 0 Å². The Kier molecular flexibility index (Phi) is 1.77. The molecule has 0 radical (unpaired) electrons. The fourth-order valence-corrected chi connectivity index (χ4v) is 7.31. The van der Waals surface area contributed by atoms with E-state index < -0.39 is 0 Å². The Bertz CT molecular complexity index is 929. The molecule has 0 spiro atoms. The predicted octanol–water partition coefficient (Wildman–Crippen LogP) is 4.12. The third-order valence-corrected chi connectivity index (χ3v) is 8.22. The number of rotatable bonds is 0. The number of allylic oxidation sites excluding steroid dienone is 2. The van der Waals surface area contributed by atoms with Crippen molar-refractivity contribution in [1.82, 2.24) is 0 Å². The first-order valence-electron chi connectivity index (χ1n) is 7.03. The van der Waals surface area contributed by atoms with Crippen LogP contribution in [0, 0.1) is 32.7 Å². The number of Topliss-reactive ketones (excluding diaryl/α,β-unsaturated/α-hetero) is 2. The zero-order valence-corrected chi connectivity index (χ0v) is 13.1. The van der Waals surface area contributed by atoms with E-state index in [9.17, 15) is 9.59 Å². The molecule has 5 heteroatoms. The Morgan fingerprint density at radius 2 is 1.48 bits per heavy atom. The fourth-order valence-electron chi connectivity index (χ4n) is 4.79. The summed E-state index contributed by atoms with van der Waals surface area (Å²) in [7, 11) is 0. The van der Waals surface area contributed by atoms with E-state index in [0.717, 1.165) is 12.5 Å². The van der Waals surface area contributed by atoms with Crippen LogP contribution in [-0.4, -0.2) is 11.6 Å². The van der Waals surface area contributed by atoms with E-state index >= 15 is 0 Å². The average molecular weight is 328 g/mol. The number of benzene rings is 1. The second kappa shape index (κ2) is 3.26. The Morgan fingerprint density at radius 1 is 0.857 bits per heavy atom. The highest BCUT2D eigenvalue weighted by Gasteiger charge is 2.72. The van der Waals surface area contributed by atoms with Gasteiger partial charge in [-0.25, -0.2) is 0 Å². The predicted molar refractivity (Wildman–Crippen MR) is 84.7 cm³/mol. The van der Waals surface area contributed by atoms with Gasteiger partial charge in [0.25, 0.3) is 0 Å². The minimum atomic E-state index is -0.0819. The van der Waals surface area contributed by atoms with E-state index in [0.29, 0.717) is 28.9 Å². The standard InChI is InChI=1S/C16H8O2S3/c17-14-4-2-8-9(21-16(19)20-8)3-5(4)15(18)13-11-6-1-7(10(6)11)12(13)14/h1-3,7,10-13H. The topological polar surface area (TPSA) is 34.1 Å². The molecule has 2 aromatic rings. The highest BCUT2D eigenvalue weighted by Crippen LogP contribution is 2.74. The fraction of sp³-hybridized carbons (Fsp3) is 0.312. The lowest BCUT2D eigenvalue weighted by molar-refractivity contribution is 0.0713. The molecular formula is C16H8O2S3. The van der Waals surface area contributed by atoms with Crippen LogP contribution in [-0.2, 0) is 0 Å². The van der Waals surface area contributed by atoms with Crippen molar-refractivity contribution in [3.63, 3.8) is 0 Å². The van der Waals surface area contributed by atoms with Gasteiger partial charge >= 0.3 is 0 Å². The van der Waals surface area contributed by atoms with Crippen LogP contribution in [0.3, 0.4) is 0 Å². The third-order valence-electron chi connectivity index (χ3n) is 5.64. The van der Waals surface area contributed by atoms with Gasteiger partial charge in [-0.15, -0.1) is 22.7 Å². The van der Waals surface area contributed by atoms with Crippen LogP contribution in [0.4, 0.5) is 0 Å². The molecule has 0 aliphatic heterocycles. The monoisotopic (exact) mass is 328 g/mol. The molecule has 2 saturated carbocycles. The SMILES string of the molecule is O=C1c2cc3sc(=S)sc3cc2C(=O)C2C1C1C=C3C1C32. The molecule has 6 rings (SSSR count). The van der Waals surface area contributed by atoms with Gasteiger partial charge in [-0.1, -0.05) is 23.9 Å². The lowest BCUT2D eigenvalue weighted by Crippen LogP contribution is -2.40. The van der Waals surface area contributed by atoms with Gasteiger partial charge < -0.3 is 0 Å². The van der Waals surface area contributed by atoms with E-state index in [1.807, 2.05) is 12.1 Å². The van der Waals surface area contributed by atoms with Gasteiger partial charge in [0.1, 0.15) is 3.14 Å². The van der Waals surface area contributed by atoms with Crippen molar-refractivity contribution in [2.45, 2.75) is 0 Å². The maximum atomic E-state index is 12.9. The largest absolute Gasteiger partial charge is 0.294 e. The van der Waals surface area contributed by atoms with E-state index in [2.05, 4.69) is 6.08 Å². The van der Waals surface area contributed by atoms with E-state index in [1.165, 1.54) is 28.2 Å². The molecule has 0 amide bonds. The molecule has 0 saturated heterocycles. The Hall–Kier alpha value is -1.17. The first kappa shape index (κ1) is 11.4. The number of carbonyl (C=O) groups excluding carboxylic acids is 2. The summed E-state index contributed by atoms with van der Waals surface area (Å²) in [5.74, 6) is 1.53. The van der Waals surface area contributed by atoms with E-state index in [-0.39, 0.29) is 23.4 Å². The molecule has 1 heterocycles. The van der Waals surface area contributed by atoms with Gasteiger partial charge in [-0.05, 0) is 29.9 Å². The Morgan fingerprint density at radius 3 is 2.14 bits per heavy atom. The number of hydrogen-bond donors (Lipinski definition) is 0. The van der Waals surface area contributed by atoms with Crippen molar-refractivity contribution in [3.05, 3.63) is 38.0 Å². The number of ketones is 2. The van der Waals surface area contributed by atoms with Crippen LogP contribution in [0.1, 0.15) is 20.7 Å². The van der Waals surface area contributed by atoms with Crippen molar-refractivity contribution in [1.29, 1.82) is 0 Å². The molecule has 21 heavy (non-hydrogen) atoms. The number of fused-ring (bicyclic) bond motifs is 6. The molecule has 102 valence electrons. The molecule has 5 unspecified atom stereocenters. The quantitative estimate of drug-likeness (QED) is 0.539. The summed E-state index contributed by atoms with van der Waals surface area (Å²) < 4.78 is 2.93. The van der Waals surface area contributed by atoms with Crippen LogP contribution < -0.4 is 0 Å². The van der Waals surface area contributed by atoms with E-state index in [1.54, 1.807) is 0 Å². The molecule has 0 bridgehead atoms. The van der Waals surface area contributed by atoms with Crippen LogP contribution >= 0.6 is 34.9 Å². The smallest absolute Gasteiger partial charge is 0.168 e. The summed E-state index contributed by atoms with van der Waals surface area (Å²) in [5, 5.41) is 0. The molecular weight excluding hydrogens is 320 g/mol. The molecule has 4 aliphatic rings. The van der Waals surface area contributed by atoms with Gasteiger partial charge in [-0.3, -0.25) is 9.59 Å². The van der Waals surface area contributed by atoms with Crippen LogP contribution in [0.2, 0.25) is 0 Å². The minimum Gasteiger partial charge on any atom is -0.294 e. The Balaban J connectivity index is 1.65. The van der Waals surface area contributed by atoms with Crippen LogP contribution in [0.25, 0.3) is 9.40 Å². The van der Waals surface area contributed by atoms with Crippen molar-refractivity contribution in [2.24, 2.45) is 29.6 Å². The number of hydrogen-bond acceptors (Lipinski definition) is 5.